The van der Waals surface area contributed by atoms with E-state index >= 15 is 0 Å². The van der Waals surface area contributed by atoms with E-state index in [1.165, 1.54) is 0 Å². The number of nitrogens with one attached hydrogen (secondary N) is 2. The van der Waals surface area contributed by atoms with Gasteiger partial charge in [-0.3, -0.25) is 4.79 Å². The summed E-state index contributed by atoms with van der Waals surface area (Å²) in [6, 6.07) is 10.2. The van der Waals surface area contributed by atoms with E-state index in [9.17, 15) is 4.79 Å². The fourth-order valence-electron chi connectivity index (χ4n) is 2.47. The summed E-state index contributed by atoms with van der Waals surface area (Å²) >= 11 is 0. The topological polar surface area (TPSA) is 44.4 Å². The Hall–Kier alpha value is -0.810. The summed E-state index contributed by atoms with van der Waals surface area (Å²) < 4.78 is 0. The van der Waals surface area contributed by atoms with E-state index in [-0.39, 0.29) is 42.7 Å². The summed E-state index contributed by atoms with van der Waals surface area (Å²) in [6.45, 7) is 4.75. The number of carbonyl (C=O) groups excluding carboxylic acids is 1. The highest BCUT2D eigenvalue weighted by Gasteiger charge is 2.30. The number of hydrogen-bond donors (Lipinski definition) is 2. The van der Waals surface area contributed by atoms with Crippen molar-refractivity contribution in [1.29, 1.82) is 0 Å². The molecule has 1 amide bonds. The number of halogens is 2. The van der Waals surface area contributed by atoms with E-state index in [0.29, 0.717) is 5.92 Å². The molecule has 22 heavy (non-hydrogen) atoms. The molecule has 2 rings (SSSR count). The lowest BCUT2D eigenvalue weighted by Crippen LogP contribution is -2.50. The average molecular weight is 348 g/mol. The largest absolute Gasteiger partial charge is 0.348 e. The van der Waals surface area contributed by atoms with Crippen LogP contribution in [0.3, 0.4) is 0 Å². The zero-order chi connectivity index (χ0) is 14.5. The number of benzene rings is 1. The van der Waals surface area contributed by atoms with E-state index < -0.39 is 0 Å². The maximum atomic E-state index is 12.4. The molecule has 126 valence electrons. The molecule has 1 aromatic carbocycles. The van der Waals surface area contributed by atoms with Crippen molar-refractivity contribution in [2.24, 2.45) is 11.8 Å². The smallest absolute Gasteiger partial charge is 0.223 e. The molecule has 1 aromatic rings. The van der Waals surface area contributed by atoms with Crippen LogP contribution >= 0.6 is 24.8 Å². The van der Waals surface area contributed by atoms with Gasteiger partial charge in [0.15, 0.2) is 0 Å². The highest BCUT2D eigenvalue weighted by molar-refractivity contribution is 5.85. The van der Waals surface area contributed by atoms with Crippen LogP contribution in [0.15, 0.2) is 30.3 Å². The van der Waals surface area contributed by atoms with E-state index in [4.69, 9.17) is 0 Å². The molecule has 2 unspecified atom stereocenters. The van der Waals surface area contributed by atoms with Crippen molar-refractivity contribution in [3.63, 3.8) is 0 Å². The summed E-state index contributed by atoms with van der Waals surface area (Å²) in [5.74, 6) is 0.711. The summed E-state index contributed by atoms with van der Waals surface area (Å²) in [5, 5.41) is 6.43. The van der Waals surface area contributed by atoms with Crippen LogP contribution < -0.4 is 10.6 Å². The van der Waals surface area contributed by atoms with Gasteiger partial charge in [0, 0.05) is 12.5 Å². The molecule has 6 heteroatoms. The Morgan fingerprint density at radius 1 is 1.27 bits per heavy atom. The molecule has 1 aliphatic heterocycles. The van der Waals surface area contributed by atoms with Crippen molar-refractivity contribution >= 4 is 30.7 Å². The summed E-state index contributed by atoms with van der Waals surface area (Å²) in [4.78, 5) is 14.5. The van der Waals surface area contributed by atoms with Crippen molar-refractivity contribution in [2.75, 3.05) is 33.7 Å². The Balaban J connectivity index is 0.00000220. The Labute approximate surface area is 145 Å². The third-order valence-corrected chi connectivity index (χ3v) is 4.00. The maximum absolute atomic E-state index is 12.4. The monoisotopic (exact) mass is 347 g/mol. The fraction of sp³-hybridized carbons (Fsp3) is 0.562. The Bertz CT molecular complexity index is 438. The molecule has 1 heterocycles. The van der Waals surface area contributed by atoms with Gasteiger partial charge in [0.25, 0.3) is 0 Å². The van der Waals surface area contributed by atoms with Gasteiger partial charge in [-0.05, 0) is 38.7 Å². The van der Waals surface area contributed by atoms with Crippen LogP contribution in [0.5, 0.6) is 0 Å². The van der Waals surface area contributed by atoms with Gasteiger partial charge in [-0.2, -0.15) is 0 Å². The molecular formula is C16H27Cl2N3O. The quantitative estimate of drug-likeness (QED) is 0.828. The van der Waals surface area contributed by atoms with Crippen molar-refractivity contribution < 1.29 is 4.79 Å². The lowest BCUT2D eigenvalue weighted by atomic mass is 9.88. The number of carbonyl (C=O) groups is 1. The van der Waals surface area contributed by atoms with Crippen molar-refractivity contribution in [2.45, 2.75) is 13.0 Å². The van der Waals surface area contributed by atoms with Crippen LogP contribution in [-0.4, -0.2) is 44.5 Å². The van der Waals surface area contributed by atoms with Crippen LogP contribution in [0.25, 0.3) is 0 Å². The van der Waals surface area contributed by atoms with Gasteiger partial charge in [0.1, 0.15) is 0 Å². The minimum atomic E-state index is 0. The lowest BCUT2D eigenvalue weighted by molar-refractivity contribution is -0.127. The molecule has 0 aliphatic carbocycles. The first kappa shape index (κ1) is 21.2. The summed E-state index contributed by atoms with van der Waals surface area (Å²) in [5.41, 5.74) is 1.16. The van der Waals surface area contributed by atoms with Crippen LogP contribution in [0.1, 0.15) is 18.5 Å². The molecule has 2 atom stereocenters. The maximum Gasteiger partial charge on any atom is 0.223 e. The molecular weight excluding hydrogens is 321 g/mol. The number of nitrogens with zero attached hydrogens (tertiary/aromatic N) is 1. The first-order chi connectivity index (χ1) is 9.58. The molecule has 4 nitrogen and oxygen atoms in total. The van der Waals surface area contributed by atoms with Gasteiger partial charge >= 0.3 is 0 Å². The Kier molecular flexibility index (Phi) is 9.69. The molecule has 0 radical (unpaired) electrons. The molecule has 0 bridgehead atoms. The number of amides is 1. The zero-order valence-electron chi connectivity index (χ0n) is 13.4. The molecule has 0 aromatic heterocycles. The highest BCUT2D eigenvalue weighted by Crippen LogP contribution is 2.19. The molecule has 1 aliphatic rings. The second-order valence-corrected chi connectivity index (χ2v) is 5.94. The third-order valence-electron chi connectivity index (χ3n) is 4.00. The van der Waals surface area contributed by atoms with Crippen molar-refractivity contribution in [3.8, 4) is 0 Å². The van der Waals surface area contributed by atoms with Gasteiger partial charge in [-0.15, -0.1) is 24.8 Å². The third kappa shape index (κ3) is 5.76. The van der Waals surface area contributed by atoms with Crippen molar-refractivity contribution in [3.05, 3.63) is 35.9 Å². The van der Waals surface area contributed by atoms with E-state index in [1.807, 2.05) is 39.2 Å². The van der Waals surface area contributed by atoms with Crippen LogP contribution in [0.4, 0.5) is 0 Å². The highest BCUT2D eigenvalue weighted by atomic mass is 35.5. The minimum Gasteiger partial charge on any atom is -0.348 e. The predicted octanol–water partition coefficient (Wildman–Crippen LogP) is 2.10. The van der Waals surface area contributed by atoms with Gasteiger partial charge in [-0.25, -0.2) is 0 Å². The number of hydrogen-bond acceptors (Lipinski definition) is 3. The van der Waals surface area contributed by atoms with Gasteiger partial charge < -0.3 is 15.5 Å². The van der Waals surface area contributed by atoms with Gasteiger partial charge in [-0.1, -0.05) is 37.3 Å². The van der Waals surface area contributed by atoms with E-state index in [2.05, 4.69) is 27.7 Å². The Morgan fingerprint density at radius 3 is 2.32 bits per heavy atom. The molecule has 1 saturated heterocycles. The fourth-order valence-corrected chi connectivity index (χ4v) is 2.47. The van der Waals surface area contributed by atoms with Crippen LogP contribution in [0, 0.1) is 11.8 Å². The van der Waals surface area contributed by atoms with E-state index in [1.54, 1.807) is 0 Å². The van der Waals surface area contributed by atoms with Crippen LogP contribution in [-0.2, 0) is 4.79 Å². The van der Waals surface area contributed by atoms with E-state index in [0.717, 1.165) is 25.2 Å². The first-order valence-corrected chi connectivity index (χ1v) is 7.28. The molecule has 0 spiro atoms. The van der Waals surface area contributed by atoms with Crippen LogP contribution in [0.2, 0.25) is 0 Å². The first-order valence-electron chi connectivity index (χ1n) is 7.28. The Morgan fingerprint density at radius 2 is 1.86 bits per heavy atom. The van der Waals surface area contributed by atoms with Gasteiger partial charge in [0.2, 0.25) is 5.91 Å². The average Bonchev–Trinajstić information content (AvgIpc) is 2.36. The summed E-state index contributed by atoms with van der Waals surface area (Å²) in [6.07, 6.45) is 0. The normalized spacial score (nSPS) is 16.7. The second-order valence-electron chi connectivity index (χ2n) is 5.94. The molecule has 0 saturated carbocycles. The SMILES string of the molecule is CC(C(=O)NC(CN(C)C)c1ccccc1)C1CNC1.Cl.Cl. The minimum absolute atomic E-state index is 0. The van der Waals surface area contributed by atoms with Crippen molar-refractivity contribution in [1.82, 2.24) is 15.5 Å². The standard InChI is InChI=1S/C16H25N3O.2ClH/c1-12(14-9-17-10-14)16(20)18-15(11-19(2)3)13-7-5-4-6-8-13;;/h4-8,12,14-15,17H,9-11H2,1-3H3,(H,18,20);2*1H. The number of likely N-dealkylation sites (N-methyl/N-ethyl adjacent to an activating group) is 1. The lowest BCUT2D eigenvalue weighted by Gasteiger charge is -2.33. The summed E-state index contributed by atoms with van der Waals surface area (Å²) in [7, 11) is 4.06. The van der Waals surface area contributed by atoms with Gasteiger partial charge in [0.05, 0.1) is 6.04 Å². The second kappa shape index (κ2) is 10.1. The molecule has 1 fully saturated rings. The molecule has 2 N–H and O–H groups in total. The number of rotatable bonds is 6. The zero-order valence-corrected chi connectivity index (χ0v) is 15.0. The predicted molar refractivity (Wildman–Crippen MR) is 95.9 cm³/mol.